The Morgan fingerprint density at radius 1 is 1.41 bits per heavy atom. The second-order valence-electron chi connectivity index (χ2n) is 3.47. The molecule has 0 heterocycles. The lowest BCUT2D eigenvalue weighted by molar-refractivity contribution is -0.146. The van der Waals surface area contributed by atoms with Crippen molar-refractivity contribution in [1.82, 2.24) is 0 Å². The Morgan fingerprint density at radius 3 is 2.53 bits per heavy atom. The zero-order valence-electron chi connectivity index (χ0n) is 9.64. The summed E-state index contributed by atoms with van der Waals surface area (Å²) < 4.78 is 0. The van der Waals surface area contributed by atoms with Crippen molar-refractivity contribution >= 4 is 23.5 Å². The molecule has 1 atom stereocenters. The molecule has 2 N–H and O–H groups in total. The van der Waals surface area contributed by atoms with Crippen LogP contribution in [0.15, 0.2) is 23.1 Å². The number of ketones is 1. The highest BCUT2D eigenvalue weighted by atomic mass is 32.2. The van der Waals surface area contributed by atoms with Gasteiger partial charge < -0.3 is 10.2 Å². The van der Waals surface area contributed by atoms with Gasteiger partial charge in [-0.1, -0.05) is 6.92 Å². The molecule has 0 spiro atoms. The van der Waals surface area contributed by atoms with Gasteiger partial charge in [0.1, 0.15) is 0 Å². The number of Topliss-reactive ketones (excluding diaryl/α,β-unsaturated/α-hetero) is 1. The van der Waals surface area contributed by atoms with Gasteiger partial charge in [-0.15, -0.1) is 11.8 Å². The van der Waals surface area contributed by atoms with Crippen molar-refractivity contribution in [2.24, 2.45) is 0 Å². The Balaban J connectivity index is 3.30. The fourth-order valence-electron chi connectivity index (χ4n) is 1.47. The third-order valence-electron chi connectivity index (χ3n) is 2.41. The van der Waals surface area contributed by atoms with Crippen molar-refractivity contribution in [3.8, 4) is 0 Å². The van der Waals surface area contributed by atoms with E-state index < -0.39 is 12.1 Å². The SMILES string of the molecule is CCC(=O)c1ccc(SC)cc1C(O)C(=O)O. The third-order valence-corrected chi connectivity index (χ3v) is 3.13. The van der Waals surface area contributed by atoms with E-state index in [1.165, 1.54) is 11.8 Å². The summed E-state index contributed by atoms with van der Waals surface area (Å²) in [6.45, 7) is 1.70. The molecule has 0 aliphatic rings. The van der Waals surface area contributed by atoms with Crippen LogP contribution in [0.3, 0.4) is 0 Å². The number of carbonyl (C=O) groups is 2. The molecule has 1 aromatic carbocycles. The van der Waals surface area contributed by atoms with E-state index >= 15 is 0 Å². The minimum absolute atomic E-state index is 0.163. The van der Waals surface area contributed by atoms with E-state index in [4.69, 9.17) is 5.11 Å². The van der Waals surface area contributed by atoms with Crippen LogP contribution >= 0.6 is 11.8 Å². The minimum Gasteiger partial charge on any atom is -0.479 e. The van der Waals surface area contributed by atoms with E-state index in [1.54, 1.807) is 25.1 Å². The molecule has 4 nitrogen and oxygen atoms in total. The molecule has 0 aliphatic heterocycles. The third kappa shape index (κ3) is 3.08. The maximum atomic E-state index is 11.7. The van der Waals surface area contributed by atoms with Gasteiger partial charge in [-0.3, -0.25) is 4.79 Å². The summed E-state index contributed by atoms with van der Waals surface area (Å²) in [7, 11) is 0. The van der Waals surface area contributed by atoms with Gasteiger partial charge in [0.2, 0.25) is 0 Å². The highest BCUT2D eigenvalue weighted by Gasteiger charge is 2.22. The summed E-state index contributed by atoms with van der Waals surface area (Å²) in [6, 6.07) is 4.86. The number of carbonyl (C=O) groups excluding carboxylic acids is 1. The number of thioether (sulfide) groups is 1. The van der Waals surface area contributed by atoms with Crippen LogP contribution in [0.1, 0.15) is 35.4 Å². The molecule has 0 aliphatic carbocycles. The fraction of sp³-hybridized carbons (Fsp3) is 0.333. The standard InChI is InChI=1S/C12H14O4S/c1-3-10(13)8-5-4-7(17-2)6-9(8)11(14)12(15)16/h4-6,11,14H,3H2,1-2H3,(H,15,16). The Hall–Kier alpha value is -1.33. The molecule has 92 valence electrons. The van der Waals surface area contributed by atoms with E-state index in [0.717, 1.165) is 4.90 Å². The predicted octanol–water partition coefficient (Wildman–Crippen LogP) is 2.12. The first-order valence-corrected chi connectivity index (χ1v) is 6.35. The first-order chi connectivity index (χ1) is 8.01. The molecular formula is C12H14O4S. The summed E-state index contributed by atoms with van der Waals surface area (Å²) in [6.07, 6.45) is 0.457. The van der Waals surface area contributed by atoms with Gasteiger partial charge in [-0.2, -0.15) is 0 Å². The molecule has 0 radical (unpaired) electrons. The van der Waals surface area contributed by atoms with Crippen molar-refractivity contribution in [3.63, 3.8) is 0 Å². The van der Waals surface area contributed by atoms with Crippen LogP contribution in [-0.4, -0.2) is 28.2 Å². The fourth-order valence-corrected chi connectivity index (χ4v) is 1.92. The minimum atomic E-state index is -1.66. The van der Waals surface area contributed by atoms with E-state index in [1.807, 2.05) is 6.26 Å². The van der Waals surface area contributed by atoms with Crippen LogP contribution in [-0.2, 0) is 4.79 Å². The number of rotatable bonds is 5. The molecule has 0 fully saturated rings. The molecular weight excluding hydrogens is 240 g/mol. The van der Waals surface area contributed by atoms with Crippen LogP contribution in [0.25, 0.3) is 0 Å². The number of aliphatic carboxylic acids is 1. The Bertz CT molecular complexity index is 442. The molecule has 5 heteroatoms. The first-order valence-electron chi connectivity index (χ1n) is 5.13. The van der Waals surface area contributed by atoms with Gasteiger partial charge in [0.05, 0.1) is 0 Å². The number of aliphatic hydroxyl groups is 1. The highest BCUT2D eigenvalue weighted by Crippen LogP contribution is 2.25. The number of benzene rings is 1. The largest absolute Gasteiger partial charge is 0.479 e. The number of aliphatic hydroxyl groups excluding tert-OH is 1. The summed E-state index contributed by atoms with van der Waals surface area (Å²) in [5.74, 6) is -1.53. The molecule has 17 heavy (non-hydrogen) atoms. The van der Waals surface area contributed by atoms with Crippen molar-refractivity contribution in [3.05, 3.63) is 29.3 Å². The number of hydrogen-bond donors (Lipinski definition) is 2. The van der Waals surface area contributed by atoms with Crippen molar-refractivity contribution < 1.29 is 19.8 Å². The van der Waals surface area contributed by atoms with Gasteiger partial charge in [0.15, 0.2) is 11.9 Å². The molecule has 0 aromatic heterocycles. The zero-order chi connectivity index (χ0) is 13.0. The van der Waals surface area contributed by atoms with Gasteiger partial charge in [-0.25, -0.2) is 4.79 Å². The predicted molar refractivity (Wildman–Crippen MR) is 65.4 cm³/mol. The van der Waals surface area contributed by atoms with Crippen LogP contribution in [0, 0.1) is 0 Å². The second kappa shape index (κ2) is 5.84. The quantitative estimate of drug-likeness (QED) is 0.622. The Kier molecular flexibility index (Phi) is 4.72. The molecule has 1 unspecified atom stereocenters. The summed E-state index contributed by atoms with van der Waals surface area (Å²) in [5, 5.41) is 18.4. The van der Waals surface area contributed by atoms with Gasteiger partial charge in [-0.05, 0) is 24.5 Å². The average molecular weight is 254 g/mol. The van der Waals surface area contributed by atoms with E-state index in [-0.39, 0.29) is 23.3 Å². The average Bonchev–Trinajstić information content (AvgIpc) is 2.35. The van der Waals surface area contributed by atoms with Gasteiger partial charge in [0, 0.05) is 22.4 Å². The molecule has 1 aromatic rings. The topological polar surface area (TPSA) is 74.6 Å². The smallest absolute Gasteiger partial charge is 0.337 e. The first kappa shape index (κ1) is 13.7. The molecule has 0 amide bonds. The van der Waals surface area contributed by atoms with Crippen LogP contribution < -0.4 is 0 Å². The summed E-state index contributed by atoms with van der Waals surface area (Å²) in [5.41, 5.74) is 0.441. The van der Waals surface area contributed by atoms with Crippen molar-refractivity contribution in [2.75, 3.05) is 6.26 Å². The van der Waals surface area contributed by atoms with Gasteiger partial charge in [0.25, 0.3) is 0 Å². The lowest BCUT2D eigenvalue weighted by Gasteiger charge is -2.12. The molecule has 0 bridgehead atoms. The highest BCUT2D eigenvalue weighted by molar-refractivity contribution is 7.98. The maximum Gasteiger partial charge on any atom is 0.337 e. The van der Waals surface area contributed by atoms with E-state index in [2.05, 4.69) is 0 Å². The monoisotopic (exact) mass is 254 g/mol. The van der Waals surface area contributed by atoms with Crippen LogP contribution in [0.4, 0.5) is 0 Å². The molecule has 1 rings (SSSR count). The van der Waals surface area contributed by atoms with Gasteiger partial charge >= 0.3 is 5.97 Å². The van der Waals surface area contributed by atoms with E-state index in [9.17, 15) is 14.7 Å². The van der Waals surface area contributed by atoms with Crippen LogP contribution in [0.5, 0.6) is 0 Å². The summed E-state index contributed by atoms with van der Waals surface area (Å²) >= 11 is 1.42. The number of carboxylic acid groups (broad SMARTS) is 1. The second-order valence-corrected chi connectivity index (χ2v) is 4.35. The van der Waals surface area contributed by atoms with E-state index in [0.29, 0.717) is 0 Å². The summed E-state index contributed by atoms with van der Waals surface area (Å²) in [4.78, 5) is 23.3. The van der Waals surface area contributed by atoms with Crippen molar-refractivity contribution in [1.29, 1.82) is 0 Å². The van der Waals surface area contributed by atoms with Crippen LogP contribution in [0.2, 0.25) is 0 Å². The lowest BCUT2D eigenvalue weighted by Crippen LogP contribution is -2.15. The normalized spacial score (nSPS) is 12.2. The molecule has 0 saturated carbocycles. The number of carboxylic acids is 1. The Morgan fingerprint density at radius 2 is 2.06 bits per heavy atom. The maximum absolute atomic E-state index is 11.7. The Labute approximate surface area is 104 Å². The zero-order valence-corrected chi connectivity index (χ0v) is 10.5. The molecule has 0 saturated heterocycles. The lowest BCUT2D eigenvalue weighted by atomic mass is 9.98. The number of hydrogen-bond acceptors (Lipinski definition) is 4. The van der Waals surface area contributed by atoms with Crippen molar-refractivity contribution in [2.45, 2.75) is 24.3 Å².